The average Bonchev–Trinajstić information content (AvgIpc) is 3.30. The fraction of sp³-hybridized carbons (Fsp3) is 0.435. The van der Waals surface area contributed by atoms with E-state index in [1.165, 1.54) is 0 Å². The van der Waals surface area contributed by atoms with E-state index in [-0.39, 0.29) is 10.8 Å². The van der Waals surface area contributed by atoms with Gasteiger partial charge in [0.1, 0.15) is 0 Å². The average molecular weight is 443 g/mol. The van der Waals surface area contributed by atoms with Gasteiger partial charge < -0.3 is 15.1 Å². The molecule has 2 aromatic carbocycles. The Morgan fingerprint density at radius 2 is 1.65 bits per heavy atom. The van der Waals surface area contributed by atoms with Gasteiger partial charge in [-0.15, -0.1) is 0 Å². The summed E-state index contributed by atoms with van der Waals surface area (Å²) < 4.78 is 29.2. The third kappa shape index (κ3) is 4.70. The monoisotopic (exact) mass is 442 g/mol. The third-order valence-corrected chi connectivity index (χ3v) is 7.49. The van der Waals surface area contributed by atoms with Crippen LogP contribution in [-0.4, -0.2) is 58.5 Å². The van der Waals surface area contributed by atoms with E-state index in [1.54, 1.807) is 18.2 Å². The molecule has 0 aliphatic carbocycles. The standard InChI is InChI=1S/C23H30N4O3S/c1-17-5-7-20(15-18(17)2)31(29,30)25-21-16-19(23(28)27-11-3-4-12-27)6-8-22(21)26-13-9-24-10-14-26/h5-8,15-16,24-25H,3-4,9-14H2,1-2H3. The first kappa shape index (κ1) is 21.6. The first-order valence-corrected chi connectivity index (χ1v) is 12.3. The number of aryl methyl sites for hydroxylation is 2. The van der Waals surface area contributed by atoms with Gasteiger partial charge in [0, 0.05) is 44.8 Å². The number of hydrogen-bond acceptors (Lipinski definition) is 5. The van der Waals surface area contributed by atoms with Gasteiger partial charge in [-0.3, -0.25) is 9.52 Å². The highest BCUT2D eigenvalue weighted by Gasteiger charge is 2.24. The van der Waals surface area contributed by atoms with E-state index >= 15 is 0 Å². The molecule has 0 aromatic heterocycles. The second kappa shape index (κ2) is 8.88. The Hall–Kier alpha value is -2.58. The number of hydrogen-bond donors (Lipinski definition) is 2. The molecule has 2 aliphatic heterocycles. The number of anilines is 2. The van der Waals surface area contributed by atoms with E-state index in [4.69, 9.17) is 0 Å². The Bertz CT molecular complexity index is 1070. The van der Waals surface area contributed by atoms with E-state index in [1.807, 2.05) is 36.9 Å². The summed E-state index contributed by atoms with van der Waals surface area (Å²) in [6, 6.07) is 10.5. The van der Waals surface area contributed by atoms with Crippen LogP contribution in [0.15, 0.2) is 41.3 Å². The number of benzene rings is 2. The number of carbonyl (C=O) groups excluding carboxylic acids is 1. The molecule has 1 amide bonds. The molecule has 4 rings (SSSR count). The number of piperazine rings is 1. The molecular formula is C23H30N4O3S. The normalized spacial score (nSPS) is 17.1. The van der Waals surface area contributed by atoms with Crippen molar-refractivity contribution in [2.75, 3.05) is 48.9 Å². The summed E-state index contributed by atoms with van der Waals surface area (Å²) >= 11 is 0. The summed E-state index contributed by atoms with van der Waals surface area (Å²) in [5.41, 5.74) is 3.72. The molecule has 2 saturated heterocycles. The molecule has 31 heavy (non-hydrogen) atoms. The lowest BCUT2D eigenvalue weighted by Gasteiger charge is -2.31. The van der Waals surface area contributed by atoms with Crippen LogP contribution in [0.2, 0.25) is 0 Å². The maximum Gasteiger partial charge on any atom is 0.261 e. The molecule has 7 nitrogen and oxygen atoms in total. The first-order chi connectivity index (χ1) is 14.8. The molecule has 2 N–H and O–H groups in total. The van der Waals surface area contributed by atoms with Crippen LogP contribution in [-0.2, 0) is 10.0 Å². The fourth-order valence-electron chi connectivity index (χ4n) is 4.12. The van der Waals surface area contributed by atoms with Crippen LogP contribution >= 0.6 is 0 Å². The summed E-state index contributed by atoms with van der Waals surface area (Å²) in [4.78, 5) is 17.1. The van der Waals surface area contributed by atoms with Gasteiger partial charge in [0.15, 0.2) is 0 Å². The van der Waals surface area contributed by atoms with E-state index in [0.717, 1.165) is 68.9 Å². The summed E-state index contributed by atoms with van der Waals surface area (Å²) in [5, 5.41) is 3.32. The van der Waals surface area contributed by atoms with Gasteiger partial charge in [0.25, 0.3) is 15.9 Å². The van der Waals surface area contributed by atoms with Crippen molar-refractivity contribution in [2.24, 2.45) is 0 Å². The maximum absolute atomic E-state index is 13.2. The van der Waals surface area contributed by atoms with Gasteiger partial charge in [-0.1, -0.05) is 6.07 Å². The first-order valence-electron chi connectivity index (χ1n) is 10.8. The van der Waals surface area contributed by atoms with Crippen molar-refractivity contribution in [2.45, 2.75) is 31.6 Å². The van der Waals surface area contributed by atoms with Crippen LogP contribution in [0.5, 0.6) is 0 Å². The fourth-order valence-corrected chi connectivity index (χ4v) is 5.27. The molecule has 0 radical (unpaired) electrons. The number of sulfonamides is 1. The van der Waals surface area contributed by atoms with Crippen molar-refractivity contribution in [3.63, 3.8) is 0 Å². The van der Waals surface area contributed by atoms with Gasteiger partial charge >= 0.3 is 0 Å². The van der Waals surface area contributed by atoms with Crippen molar-refractivity contribution < 1.29 is 13.2 Å². The van der Waals surface area contributed by atoms with Crippen LogP contribution < -0.4 is 14.9 Å². The second-order valence-electron chi connectivity index (χ2n) is 8.32. The number of nitrogens with one attached hydrogen (secondary N) is 2. The highest BCUT2D eigenvalue weighted by Crippen LogP contribution is 2.31. The van der Waals surface area contributed by atoms with Crippen molar-refractivity contribution in [3.05, 3.63) is 53.1 Å². The topological polar surface area (TPSA) is 81.8 Å². The summed E-state index contributed by atoms with van der Waals surface area (Å²) in [7, 11) is -3.79. The summed E-state index contributed by atoms with van der Waals surface area (Å²) in [6.45, 7) is 8.57. The molecule has 0 atom stereocenters. The van der Waals surface area contributed by atoms with Crippen LogP contribution in [0, 0.1) is 13.8 Å². The lowest BCUT2D eigenvalue weighted by Crippen LogP contribution is -2.43. The largest absolute Gasteiger partial charge is 0.367 e. The molecular weight excluding hydrogens is 412 g/mol. The van der Waals surface area contributed by atoms with Gasteiger partial charge in [-0.2, -0.15) is 0 Å². The van der Waals surface area contributed by atoms with Crippen LogP contribution in [0.1, 0.15) is 34.3 Å². The third-order valence-electron chi connectivity index (χ3n) is 6.13. The predicted molar refractivity (Wildman–Crippen MR) is 123 cm³/mol. The predicted octanol–water partition coefficient (Wildman–Crippen LogP) is 2.75. The zero-order valence-electron chi connectivity index (χ0n) is 18.1. The Morgan fingerprint density at radius 1 is 0.935 bits per heavy atom. The number of rotatable bonds is 5. The second-order valence-corrected chi connectivity index (χ2v) is 10.0. The van der Waals surface area contributed by atoms with Gasteiger partial charge in [-0.05, 0) is 68.1 Å². The molecule has 2 heterocycles. The number of likely N-dealkylation sites (tertiary alicyclic amines) is 1. The van der Waals surface area contributed by atoms with Gasteiger partial charge in [-0.25, -0.2) is 8.42 Å². The highest BCUT2D eigenvalue weighted by atomic mass is 32.2. The Morgan fingerprint density at radius 3 is 2.32 bits per heavy atom. The molecule has 166 valence electrons. The quantitative estimate of drug-likeness (QED) is 0.744. The molecule has 0 bridgehead atoms. The zero-order chi connectivity index (χ0) is 22.0. The van der Waals surface area contributed by atoms with Crippen LogP contribution in [0.25, 0.3) is 0 Å². The summed E-state index contributed by atoms with van der Waals surface area (Å²) in [6.07, 6.45) is 2.02. The Labute approximate surface area is 184 Å². The van der Waals surface area contributed by atoms with Crippen LogP contribution in [0.4, 0.5) is 11.4 Å². The highest BCUT2D eigenvalue weighted by molar-refractivity contribution is 7.92. The van der Waals surface area contributed by atoms with Crippen molar-refractivity contribution in [3.8, 4) is 0 Å². The molecule has 0 saturated carbocycles. The molecule has 0 unspecified atom stereocenters. The van der Waals surface area contributed by atoms with Crippen LogP contribution in [0.3, 0.4) is 0 Å². The van der Waals surface area contributed by atoms with Gasteiger partial charge in [0.05, 0.1) is 16.3 Å². The number of nitrogens with zero attached hydrogens (tertiary/aromatic N) is 2. The van der Waals surface area contributed by atoms with Crippen molar-refractivity contribution in [1.82, 2.24) is 10.2 Å². The molecule has 2 fully saturated rings. The number of amides is 1. The molecule has 2 aromatic rings. The number of carbonyl (C=O) groups is 1. The van der Waals surface area contributed by atoms with E-state index in [9.17, 15) is 13.2 Å². The maximum atomic E-state index is 13.2. The minimum Gasteiger partial charge on any atom is -0.367 e. The van der Waals surface area contributed by atoms with Crippen molar-refractivity contribution >= 4 is 27.3 Å². The zero-order valence-corrected chi connectivity index (χ0v) is 19.0. The molecule has 2 aliphatic rings. The van der Waals surface area contributed by atoms with E-state index < -0.39 is 10.0 Å². The minimum absolute atomic E-state index is 0.0454. The Kier molecular flexibility index (Phi) is 6.20. The lowest BCUT2D eigenvalue weighted by molar-refractivity contribution is 0.0793. The smallest absolute Gasteiger partial charge is 0.261 e. The molecule has 8 heteroatoms. The minimum atomic E-state index is -3.79. The summed E-state index contributed by atoms with van der Waals surface area (Å²) in [5.74, 6) is -0.0454. The van der Waals surface area contributed by atoms with Gasteiger partial charge in [0.2, 0.25) is 0 Å². The lowest BCUT2D eigenvalue weighted by atomic mass is 10.1. The van der Waals surface area contributed by atoms with E-state index in [2.05, 4.69) is 14.9 Å². The Balaban J connectivity index is 1.70. The SMILES string of the molecule is Cc1ccc(S(=O)(=O)Nc2cc(C(=O)N3CCCC3)ccc2N2CCNCC2)cc1C. The van der Waals surface area contributed by atoms with Crippen molar-refractivity contribution in [1.29, 1.82) is 0 Å². The molecule has 0 spiro atoms. The van der Waals surface area contributed by atoms with E-state index in [0.29, 0.717) is 11.3 Å².